The van der Waals surface area contributed by atoms with Gasteiger partial charge in [0.2, 0.25) is 0 Å². The van der Waals surface area contributed by atoms with Crippen molar-refractivity contribution in [1.82, 2.24) is 5.32 Å². The molecule has 24 heavy (non-hydrogen) atoms. The Kier molecular flexibility index (Phi) is 5.12. The highest BCUT2D eigenvalue weighted by Crippen LogP contribution is 2.28. The summed E-state index contributed by atoms with van der Waals surface area (Å²) in [6.07, 6.45) is -0.734. The highest BCUT2D eigenvalue weighted by molar-refractivity contribution is 5.88. The summed E-state index contributed by atoms with van der Waals surface area (Å²) in [7, 11) is 0. The van der Waals surface area contributed by atoms with Gasteiger partial charge in [0.1, 0.15) is 11.6 Å². The highest BCUT2D eigenvalue weighted by atomic mass is 16.6. The number of carbonyl (C=O) groups excluding carboxylic acids is 1. The SMILES string of the molecule is C[C@@H](c1cccc2ccccc12)[C@H](NC(=O)OC(C)(C)C)C(=O)O. The molecule has 0 aromatic heterocycles. The van der Waals surface area contributed by atoms with Crippen LogP contribution in [0.15, 0.2) is 42.5 Å². The van der Waals surface area contributed by atoms with Gasteiger partial charge in [-0.3, -0.25) is 0 Å². The van der Waals surface area contributed by atoms with Gasteiger partial charge in [-0.15, -0.1) is 0 Å². The highest BCUT2D eigenvalue weighted by Gasteiger charge is 2.30. The average Bonchev–Trinajstić information content (AvgIpc) is 2.49. The Balaban J connectivity index is 2.30. The molecule has 2 aromatic carbocycles. The predicted octanol–water partition coefficient (Wildman–Crippen LogP) is 3.92. The number of benzene rings is 2. The smallest absolute Gasteiger partial charge is 0.408 e. The first-order valence-corrected chi connectivity index (χ1v) is 7.89. The third-order valence-corrected chi connectivity index (χ3v) is 3.75. The van der Waals surface area contributed by atoms with Gasteiger partial charge in [-0.1, -0.05) is 49.4 Å². The number of ether oxygens (including phenoxy) is 1. The van der Waals surface area contributed by atoms with Gasteiger partial charge in [-0.05, 0) is 37.1 Å². The first-order chi connectivity index (χ1) is 11.2. The number of carboxylic acid groups (broad SMARTS) is 1. The molecule has 2 rings (SSSR count). The van der Waals surface area contributed by atoms with Gasteiger partial charge in [0.15, 0.2) is 0 Å². The van der Waals surface area contributed by atoms with Crippen molar-refractivity contribution in [3.8, 4) is 0 Å². The van der Waals surface area contributed by atoms with Gasteiger partial charge in [0.05, 0.1) is 0 Å². The van der Waals surface area contributed by atoms with E-state index < -0.39 is 29.6 Å². The Labute approximate surface area is 141 Å². The van der Waals surface area contributed by atoms with Crippen LogP contribution in [0, 0.1) is 0 Å². The van der Waals surface area contributed by atoms with Crippen LogP contribution >= 0.6 is 0 Å². The lowest BCUT2D eigenvalue weighted by Crippen LogP contribution is -2.46. The fourth-order valence-corrected chi connectivity index (χ4v) is 2.66. The molecule has 5 heteroatoms. The monoisotopic (exact) mass is 329 g/mol. The van der Waals surface area contributed by atoms with Crippen LogP contribution in [0.1, 0.15) is 39.2 Å². The molecule has 0 spiro atoms. The number of hydrogen-bond acceptors (Lipinski definition) is 3. The zero-order chi connectivity index (χ0) is 17.9. The van der Waals surface area contributed by atoms with Crippen LogP contribution in [0.2, 0.25) is 0 Å². The van der Waals surface area contributed by atoms with E-state index in [0.29, 0.717) is 0 Å². The van der Waals surface area contributed by atoms with E-state index >= 15 is 0 Å². The maximum Gasteiger partial charge on any atom is 0.408 e. The summed E-state index contributed by atoms with van der Waals surface area (Å²) < 4.78 is 5.18. The molecule has 0 fully saturated rings. The van der Waals surface area contributed by atoms with Crippen LogP contribution in [-0.4, -0.2) is 28.8 Å². The van der Waals surface area contributed by atoms with E-state index in [9.17, 15) is 14.7 Å². The molecule has 5 nitrogen and oxygen atoms in total. The summed E-state index contributed by atoms with van der Waals surface area (Å²) in [6.45, 7) is 6.99. The van der Waals surface area contributed by atoms with E-state index in [1.165, 1.54) is 0 Å². The fraction of sp³-hybridized carbons (Fsp3) is 0.368. The third-order valence-electron chi connectivity index (χ3n) is 3.75. The molecule has 0 unspecified atom stereocenters. The van der Waals surface area contributed by atoms with Crippen molar-refractivity contribution in [1.29, 1.82) is 0 Å². The molecule has 0 saturated carbocycles. The molecule has 0 radical (unpaired) electrons. The number of rotatable bonds is 4. The van der Waals surface area contributed by atoms with Crippen LogP contribution in [-0.2, 0) is 9.53 Å². The lowest BCUT2D eigenvalue weighted by atomic mass is 9.89. The molecule has 0 heterocycles. The number of carboxylic acids is 1. The topological polar surface area (TPSA) is 75.6 Å². The number of carbonyl (C=O) groups is 2. The molecule has 0 aliphatic heterocycles. The minimum absolute atomic E-state index is 0.416. The number of hydrogen-bond donors (Lipinski definition) is 2. The first kappa shape index (κ1) is 17.8. The minimum Gasteiger partial charge on any atom is -0.480 e. The van der Waals surface area contributed by atoms with Gasteiger partial charge in [0.25, 0.3) is 0 Å². The Hall–Kier alpha value is -2.56. The Morgan fingerprint density at radius 3 is 2.33 bits per heavy atom. The van der Waals surface area contributed by atoms with Crippen molar-refractivity contribution in [2.75, 3.05) is 0 Å². The van der Waals surface area contributed by atoms with Gasteiger partial charge in [0, 0.05) is 5.92 Å². The standard InChI is InChI=1S/C19H23NO4/c1-12(14-11-7-9-13-8-5-6-10-15(13)14)16(17(21)22)20-18(23)24-19(2,3)4/h5-12,16H,1-4H3,(H,20,23)(H,21,22)/t12-,16-/m0/s1. The van der Waals surface area contributed by atoms with Gasteiger partial charge >= 0.3 is 12.1 Å². The van der Waals surface area contributed by atoms with E-state index in [-0.39, 0.29) is 0 Å². The molecule has 2 aromatic rings. The lowest BCUT2D eigenvalue weighted by molar-refractivity contribution is -0.140. The van der Waals surface area contributed by atoms with Crippen LogP contribution in [0.4, 0.5) is 4.79 Å². The summed E-state index contributed by atoms with van der Waals surface area (Å²) in [5.74, 6) is -1.51. The lowest BCUT2D eigenvalue weighted by Gasteiger charge is -2.25. The van der Waals surface area contributed by atoms with Crippen molar-refractivity contribution in [3.05, 3.63) is 48.0 Å². The molecule has 2 atom stereocenters. The second kappa shape index (κ2) is 6.91. The Morgan fingerprint density at radius 1 is 1.08 bits per heavy atom. The summed E-state index contributed by atoms with van der Waals surface area (Å²) in [5, 5.41) is 14.0. The van der Waals surface area contributed by atoms with E-state index in [0.717, 1.165) is 16.3 Å². The zero-order valence-electron chi connectivity index (χ0n) is 14.4. The molecular formula is C19H23NO4. The van der Waals surface area contributed by atoms with Crippen LogP contribution in [0.3, 0.4) is 0 Å². The van der Waals surface area contributed by atoms with E-state index in [4.69, 9.17) is 4.74 Å². The first-order valence-electron chi connectivity index (χ1n) is 7.89. The summed E-state index contributed by atoms with van der Waals surface area (Å²) in [4.78, 5) is 23.7. The Bertz CT molecular complexity index is 743. The molecule has 0 aliphatic rings. The number of amides is 1. The predicted molar refractivity (Wildman–Crippen MR) is 93.2 cm³/mol. The van der Waals surface area contributed by atoms with Crippen molar-refractivity contribution >= 4 is 22.8 Å². The maximum absolute atomic E-state index is 12.0. The quantitative estimate of drug-likeness (QED) is 0.891. The van der Waals surface area contributed by atoms with Crippen molar-refractivity contribution in [2.24, 2.45) is 0 Å². The van der Waals surface area contributed by atoms with Crippen molar-refractivity contribution in [3.63, 3.8) is 0 Å². The number of fused-ring (bicyclic) bond motifs is 1. The minimum atomic E-state index is -1.10. The largest absolute Gasteiger partial charge is 0.480 e. The molecule has 2 N–H and O–H groups in total. The van der Waals surface area contributed by atoms with Crippen LogP contribution < -0.4 is 5.32 Å². The number of alkyl carbamates (subject to hydrolysis) is 1. The Morgan fingerprint density at radius 2 is 1.71 bits per heavy atom. The van der Waals surface area contributed by atoms with Crippen molar-refractivity contribution < 1.29 is 19.4 Å². The second-order valence-corrected chi connectivity index (χ2v) is 6.82. The third kappa shape index (κ3) is 4.25. The summed E-state index contributed by atoms with van der Waals surface area (Å²) in [5.41, 5.74) is 0.187. The van der Waals surface area contributed by atoms with Crippen LogP contribution in [0.5, 0.6) is 0 Å². The molecule has 0 aliphatic carbocycles. The number of aliphatic carboxylic acids is 1. The maximum atomic E-state index is 12.0. The van der Waals surface area contributed by atoms with Crippen LogP contribution in [0.25, 0.3) is 10.8 Å². The molecular weight excluding hydrogens is 306 g/mol. The summed E-state index contributed by atoms with van der Waals surface area (Å²) in [6, 6.07) is 12.4. The normalized spacial score (nSPS) is 14.0. The second-order valence-electron chi connectivity index (χ2n) is 6.82. The molecule has 1 amide bonds. The van der Waals surface area contributed by atoms with Gasteiger partial charge < -0.3 is 15.2 Å². The molecule has 0 saturated heterocycles. The number of nitrogens with one attached hydrogen (secondary N) is 1. The average molecular weight is 329 g/mol. The molecule has 128 valence electrons. The van der Waals surface area contributed by atoms with Gasteiger partial charge in [-0.2, -0.15) is 0 Å². The fourth-order valence-electron chi connectivity index (χ4n) is 2.66. The molecule has 0 bridgehead atoms. The zero-order valence-corrected chi connectivity index (χ0v) is 14.4. The van der Waals surface area contributed by atoms with E-state index in [1.807, 2.05) is 42.5 Å². The van der Waals surface area contributed by atoms with E-state index in [2.05, 4.69) is 5.32 Å². The summed E-state index contributed by atoms with van der Waals surface area (Å²) >= 11 is 0. The van der Waals surface area contributed by atoms with Gasteiger partial charge in [-0.25, -0.2) is 9.59 Å². The van der Waals surface area contributed by atoms with Crippen molar-refractivity contribution in [2.45, 2.75) is 45.3 Å². The van der Waals surface area contributed by atoms with E-state index in [1.54, 1.807) is 27.7 Å².